The molecule has 0 bridgehead atoms. The molecule has 0 aliphatic carbocycles. The Labute approximate surface area is 163 Å². The summed E-state index contributed by atoms with van der Waals surface area (Å²) in [7, 11) is 1.72. The molecule has 2 aromatic rings. The number of thiazole rings is 1. The molecule has 1 aromatic heterocycles. The number of carbonyl (C=O) groups excluding carboxylic acids is 1. The van der Waals surface area contributed by atoms with Gasteiger partial charge in [0, 0.05) is 30.2 Å². The fourth-order valence-corrected chi connectivity index (χ4v) is 2.80. The van der Waals surface area contributed by atoms with Gasteiger partial charge in [0.15, 0.2) is 5.96 Å². The van der Waals surface area contributed by atoms with E-state index >= 15 is 0 Å². The molecule has 0 aliphatic heterocycles. The predicted molar refractivity (Wildman–Crippen MR) is 109 cm³/mol. The lowest BCUT2D eigenvalue weighted by atomic mass is 10.1. The maximum absolute atomic E-state index is 11.2. The largest absolute Gasteiger partial charge is 0.366 e. The highest BCUT2D eigenvalue weighted by atomic mass is 127. The fourth-order valence-electron chi connectivity index (χ4n) is 1.99. The number of halogens is 1. The average Bonchev–Trinajstić information content (AvgIpc) is 3.03. The molecule has 0 saturated carbocycles. The number of aromatic nitrogens is 1. The highest BCUT2D eigenvalue weighted by Crippen LogP contribution is 2.12. The van der Waals surface area contributed by atoms with E-state index in [1.807, 2.05) is 18.3 Å². The zero-order chi connectivity index (χ0) is 16.7. The zero-order valence-corrected chi connectivity index (χ0v) is 16.9. The number of guanidine groups is 1. The zero-order valence-electron chi connectivity index (χ0n) is 13.7. The van der Waals surface area contributed by atoms with E-state index in [1.54, 1.807) is 30.5 Å². The first-order chi connectivity index (χ1) is 11.1. The van der Waals surface area contributed by atoms with Gasteiger partial charge in [-0.25, -0.2) is 4.98 Å². The van der Waals surface area contributed by atoms with Crippen LogP contribution >= 0.6 is 35.3 Å². The van der Waals surface area contributed by atoms with Crippen molar-refractivity contribution in [2.45, 2.75) is 26.4 Å². The molecule has 24 heavy (non-hydrogen) atoms. The van der Waals surface area contributed by atoms with Crippen molar-refractivity contribution in [2.75, 3.05) is 7.05 Å². The highest BCUT2D eigenvalue weighted by Gasteiger charge is 2.04. The SMILES string of the molecule is CCc1cnc(CNC(=NC)NCc2cccc(C(N)=O)c2)s1.I. The molecule has 1 heterocycles. The van der Waals surface area contributed by atoms with Gasteiger partial charge in [-0.3, -0.25) is 9.79 Å². The second-order valence-corrected chi connectivity index (χ2v) is 6.12. The van der Waals surface area contributed by atoms with Gasteiger partial charge < -0.3 is 16.4 Å². The van der Waals surface area contributed by atoms with Crippen molar-refractivity contribution < 1.29 is 4.79 Å². The average molecular weight is 459 g/mol. The summed E-state index contributed by atoms with van der Waals surface area (Å²) < 4.78 is 0. The Hall–Kier alpha value is -1.68. The van der Waals surface area contributed by atoms with Crippen LogP contribution in [0.4, 0.5) is 0 Å². The number of aliphatic imine (C=N–C) groups is 1. The molecule has 8 heteroatoms. The van der Waals surface area contributed by atoms with Crippen molar-refractivity contribution in [1.29, 1.82) is 0 Å². The van der Waals surface area contributed by atoms with Gasteiger partial charge in [-0.1, -0.05) is 19.1 Å². The Bertz CT molecular complexity index is 701. The van der Waals surface area contributed by atoms with Gasteiger partial charge in [0.05, 0.1) is 6.54 Å². The number of amides is 1. The first kappa shape index (κ1) is 20.4. The van der Waals surface area contributed by atoms with E-state index in [0.29, 0.717) is 24.6 Å². The molecule has 6 nitrogen and oxygen atoms in total. The first-order valence-corrected chi connectivity index (χ1v) is 8.21. The molecule has 1 aromatic carbocycles. The van der Waals surface area contributed by atoms with Crippen molar-refractivity contribution >= 4 is 47.2 Å². The minimum Gasteiger partial charge on any atom is -0.366 e. The monoisotopic (exact) mass is 459 g/mol. The van der Waals surface area contributed by atoms with E-state index in [2.05, 4.69) is 27.5 Å². The first-order valence-electron chi connectivity index (χ1n) is 7.39. The van der Waals surface area contributed by atoms with E-state index in [-0.39, 0.29) is 24.0 Å². The lowest BCUT2D eigenvalue weighted by molar-refractivity contribution is 0.1000. The predicted octanol–water partition coefficient (Wildman–Crippen LogP) is 2.29. The third-order valence-electron chi connectivity index (χ3n) is 3.25. The Kier molecular flexibility index (Phi) is 8.69. The Morgan fingerprint density at radius 2 is 2.08 bits per heavy atom. The molecule has 130 valence electrons. The van der Waals surface area contributed by atoms with Crippen LogP contribution in [-0.2, 0) is 19.5 Å². The Balaban J connectivity index is 0.00000288. The van der Waals surface area contributed by atoms with E-state index in [4.69, 9.17) is 5.73 Å². The van der Waals surface area contributed by atoms with Crippen LogP contribution in [0.2, 0.25) is 0 Å². The van der Waals surface area contributed by atoms with Crippen LogP contribution < -0.4 is 16.4 Å². The Morgan fingerprint density at radius 1 is 1.33 bits per heavy atom. The topological polar surface area (TPSA) is 92.4 Å². The molecule has 0 atom stereocenters. The van der Waals surface area contributed by atoms with Crippen LogP contribution in [0.25, 0.3) is 0 Å². The van der Waals surface area contributed by atoms with Crippen LogP contribution in [0.5, 0.6) is 0 Å². The molecule has 0 spiro atoms. The standard InChI is InChI=1S/C16H21N5OS.HI/c1-3-13-9-19-14(23-13)10-21-16(18-2)20-8-11-5-4-6-12(7-11)15(17)22;/h4-7,9H,3,8,10H2,1-2H3,(H2,17,22)(H2,18,20,21);1H. The van der Waals surface area contributed by atoms with Crippen molar-refractivity contribution in [3.05, 3.63) is 51.5 Å². The number of benzene rings is 1. The number of rotatable bonds is 6. The summed E-state index contributed by atoms with van der Waals surface area (Å²) in [6.07, 6.45) is 2.91. The summed E-state index contributed by atoms with van der Waals surface area (Å²) >= 11 is 1.70. The van der Waals surface area contributed by atoms with Crippen molar-refractivity contribution in [2.24, 2.45) is 10.7 Å². The normalized spacial score (nSPS) is 10.8. The van der Waals surface area contributed by atoms with Gasteiger partial charge in [0.2, 0.25) is 5.91 Å². The smallest absolute Gasteiger partial charge is 0.248 e. The molecule has 0 unspecified atom stereocenters. The number of nitrogens with zero attached hydrogens (tertiary/aromatic N) is 2. The fraction of sp³-hybridized carbons (Fsp3) is 0.312. The maximum Gasteiger partial charge on any atom is 0.248 e. The molecular weight excluding hydrogens is 437 g/mol. The minimum absolute atomic E-state index is 0. The lowest BCUT2D eigenvalue weighted by Gasteiger charge is -2.11. The van der Waals surface area contributed by atoms with Crippen LogP contribution in [0.15, 0.2) is 35.5 Å². The summed E-state index contributed by atoms with van der Waals surface area (Å²) in [4.78, 5) is 21.0. The molecule has 4 N–H and O–H groups in total. The summed E-state index contributed by atoms with van der Waals surface area (Å²) in [6, 6.07) is 7.22. The van der Waals surface area contributed by atoms with Crippen LogP contribution in [0.1, 0.15) is 32.7 Å². The number of nitrogens with two attached hydrogens (primary N) is 1. The van der Waals surface area contributed by atoms with Gasteiger partial charge in [0.1, 0.15) is 5.01 Å². The van der Waals surface area contributed by atoms with Gasteiger partial charge in [-0.2, -0.15) is 0 Å². The van der Waals surface area contributed by atoms with Crippen LogP contribution in [0, 0.1) is 0 Å². The Morgan fingerprint density at radius 3 is 2.71 bits per heavy atom. The molecule has 0 radical (unpaired) electrons. The molecule has 2 rings (SSSR count). The van der Waals surface area contributed by atoms with Gasteiger partial charge in [-0.15, -0.1) is 35.3 Å². The molecular formula is C16H22IN5OS. The third kappa shape index (κ3) is 6.08. The summed E-state index contributed by atoms with van der Waals surface area (Å²) in [6.45, 7) is 3.30. The van der Waals surface area contributed by atoms with E-state index in [0.717, 1.165) is 17.0 Å². The van der Waals surface area contributed by atoms with Crippen molar-refractivity contribution in [1.82, 2.24) is 15.6 Å². The number of carbonyl (C=O) groups is 1. The number of aryl methyl sites for hydroxylation is 1. The molecule has 0 fully saturated rings. The molecule has 0 saturated heterocycles. The quantitative estimate of drug-likeness (QED) is 0.351. The highest BCUT2D eigenvalue weighted by molar-refractivity contribution is 14.0. The summed E-state index contributed by atoms with van der Waals surface area (Å²) in [5.74, 6) is 0.257. The number of hydrogen-bond acceptors (Lipinski definition) is 4. The van der Waals surface area contributed by atoms with E-state index in [1.165, 1.54) is 4.88 Å². The summed E-state index contributed by atoms with van der Waals surface area (Å²) in [5.41, 5.74) is 6.76. The molecule has 0 aliphatic rings. The summed E-state index contributed by atoms with van der Waals surface area (Å²) in [5, 5.41) is 7.46. The number of nitrogens with one attached hydrogen (secondary N) is 2. The number of primary amides is 1. The second kappa shape index (κ2) is 10.2. The molecule has 1 amide bonds. The van der Waals surface area contributed by atoms with Crippen molar-refractivity contribution in [3.63, 3.8) is 0 Å². The third-order valence-corrected chi connectivity index (χ3v) is 4.39. The van der Waals surface area contributed by atoms with Crippen LogP contribution in [0.3, 0.4) is 0 Å². The van der Waals surface area contributed by atoms with Crippen LogP contribution in [-0.4, -0.2) is 23.9 Å². The van der Waals surface area contributed by atoms with Crippen molar-refractivity contribution in [3.8, 4) is 0 Å². The number of hydrogen-bond donors (Lipinski definition) is 3. The lowest BCUT2D eigenvalue weighted by Crippen LogP contribution is -2.36. The van der Waals surface area contributed by atoms with E-state index < -0.39 is 5.91 Å². The van der Waals surface area contributed by atoms with Gasteiger partial charge in [-0.05, 0) is 24.1 Å². The van der Waals surface area contributed by atoms with Gasteiger partial charge in [0.25, 0.3) is 0 Å². The van der Waals surface area contributed by atoms with E-state index in [9.17, 15) is 4.79 Å². The second-order valence-electron chi connectivity index (χ2n) is 4.92. The van der Waals surface area contributed by atoms with Gasteiger partial charge >= 0.3 is 0 Å². The minimum atomic E-state index is -0.426. The maximum atomic E-state index is 11.2.